The molecule has 1 N–H and O–H groups in total. The van der Waals surface area contributed by atoms with E-state index in [-0.39, 0.29) is 15.6 Å². The number of carbonyl (C=O) groups excluding carboxylic acids is 1. The lowest BCUT2D eigenvalue weighted by Gasteiger charge is -2.59. The Morgan fingerprint density at radius 1 is 1.27 bits per heavy atom. The van der Waals surface area contributed by atoms with Crippen molar-refractivity contribution < 1.29 is 14.3 Å². The van der Waals surface area contributed by atoms with Gasteiger partial charge in [0, 0.05) is 30.2 Å². The van der Waals surface area contributed by atoms with Crippen molar-refractivity contribution in [2.45, 2.75) is 49.4 Å². The molecule has 1 aromatic heterocycles. The minimum absolute atomic E-state index is 0.162. The molecule has 4 aliphatic carbocycles. The fraction of sp³-hybridized carbons (Fsp3) is 0.700. The fourth-order valence-electron chi connectivity index (χ4n) is 5.62. The predicted octanol–water partition coefficient (Wildman–Crippen LogP) is 3.46. The lowest BCUT2D eigenvalue weighted by molar-refractivity contribution is -0.144. The number of carbonyl (C=O) groups is 1. The summed E-state index contributed by atoms with van der Waals surface area (Å²) >= 11 is 3.98. The first-order chi connectivity index (χ1) is 12.5. The first kappa shape index (κ1) is 18.2. The summed E-state index contributed by atoms with van der Waals surface area (Å²) in [6.45, 7) is 1.55. The van der Waals surface area contributed by atoms with E-state index in [4.69, 9.17) is 9.47 Å². The second-order valence-corrected chi connectivity index (χ2v) is 10.1. The Bertz CT molecular complexity index is 650. The average molecular weight is 423 g/mol. The number of rotatable bonds is 7. The van der Waals surface area contributed by atoms with E-state index in [0.717, 1.165) is 24.8 Å². The molecule has 4 aliphatic rings. The average Bonchev–Trinajstić information content (AvgIpc) is 2.59. The van der Waals surface area contributed by atoms with Crippen molar-refractivity contribution >= 4 is 21.8 Å². The number of amides is 1. The number of alkyl halides is 1. The third kappa shape index (κ3) is 3.63. The quantitative estimate of drug-likeness (QED) is 0.539. The Morgan fingerprint density at radius 2 is 2.04 bits per heavy atom. The van der Waals surface area contributed by atoms with Gasteiger partial charge in [-0.15, -0.1) is 0 Å². The molecule has 0 radical (unpaired) electrons. The number of nitrogens with zero attached hydrogens (tertiary/aromatic N) is 1. The Hall–Kier alpha value is -1.14. The molecule has 0 spiro atoms. The van der Waals surface area contributed by atoms with Crippen LogP contribution in [0.3, 0.4) is 0 Å². The van der Waals surface area contributed by atoms with Crippen LogP contribution in [0.25, 0.3) is 0 Å². The van der Waals surface area contributed by atoms with Crippen LogP contribution in [0.15, 0.2) is 18.3 Å². The van der Waals surface area contributed by atoms with Crippen molar-refractivity contribution in [2.24, 2.45) is 17.3 Å². The molecule has 2 unspecified atom stereocenters. The number of methoxy groups -OCH3 is 1. The van der Waals surface area contributed by atoms with Crippen LogP contribution in [0, 0.1) is 17.3 Å². The monoisotopic (exact) mass is 422 g/mol. The van der Waals surface area contributed by atoms with Gasteiger partial charge in [-0.05, 0) is 55.9 Å². The molecule has 5 rings (SSSR count). The van der Waals surface area contributed by atoms with Gasteiger partial charge in [0.25, 0.3) is 0 Å². The van der Waals surface area contributed by atoms with Gasteiger partial charge in [-0.1, -0.05) is 22.0 Å². The van der Waals surface area contributed by atoms with Crippen molar-refractivity contribution in [3.63, 3.8) is 0 Å². The zero-order valence-corrected chi connectivity index (χ0v) is 16.9. The van der Waals surface area contributed by atoms with E-state index in [1.54, 1.807) is 13.3 Å². The number of nitrogens with one attached hydrogen (secondary N) is 1. The van der Waals surface area contributed by atoms with Gasteiger partial charge in [0.2, 0.25) is 11.8 Å². The molecule has 26 heavy (non-hydrogen) atoms. The topological polar surface area (TPSA) is 60.5 Å². The minimum atomic E-state index is -0.162. The van der Waals surface area contributed by atoms with Crippen LogP contribution >= 0.6 is 15.9 Å². The van der Waals surface area contributed by atoms with Crippen LogP contribution in [-0.4, -0.2) is 35.5 Å². The highest BCUT2D eigenvalue weighted by atomic mass is 79.9. The molecular formula is C20H27BrN2O3. The van der Waals surface area contributed by atoms with Gasteiger partial charge < -0.3 is 14.8 Å². The molecule has 4 saturated carbocycles. The molecule has 4 fully saturated rings. The van der Waals surface area contributed by atoms with Crippen LogP contribution in [0.4, 0.5) is 0 Å². The number of aromatic nitrogens is 1. The van der Waals surface area contributed by atoms with Crippen molar-refractivity contribution in [1.29, 1.82) is 0 Å². The summed E-state index contributed by atoms with van der Waals surface area (Å²) in [7, 11) is 1.64. The van der Waals surface area contributed by atoms with Gasteiger partial charge in [-0.2, -0.15) is 0 Å². The van der Waals surface area contributed by atoms with Crippen LogP contribution in [0.1, 0.15) is 44.1 Å². The Morgan fingerprint density at radius 3 is 2.65 bits per heavy atom. The van der Waals surface area contributed by atoms with Crippen molar-refractivity contribution in [3.05, 3.63) is 23.9 Å². The molecule has 1 aromatic rings. The van der Waals surface area contributed by atoms with Gasteiger partial charge in [-0.3, -0.25) is 4.79 Å². The molecule has 4 bridgehead atoms. The number of hydrogen-bond acceptors (Lipinski definition) is 4. The van der Waals surface area contributed by atoms with E-state index < -0.39 is 0 Å². The zero-order chi connectivity index (χ0) is 18.2. The highest BCUT2D eigenvalue weighted by molar-refractivity contribution is 9.10. The largest absolute Gasteiger partial charge is 0.475 e. The standard InChI is InChI=1S/C20H27BrN2O3/c1-25-4-5-26-17-3-2-14(11-22-17)12-23-18(24)19-7-15-6-16(8-19)10-20(21,9-15)13-19/h2-3,11,15-16H,4-10,12-13H2,1H3,(H,23,24). The van der Waals surface area contributed by atoms with Crippen molar-refractivity contribution in [1.82, 2.24) is 10.3 Å². The number of pyridine rings is 1. The van der Waals surface area contributed by atoms with E-state index in [1.807, 2.05) is 12.1 Å². The van der Waals surface area contributed by atoms with Gasteiger partial charge in [0.05, 0.1) is 12.0 Å². The molecule has 5 nitrogen and oxygen atoms in total. The summed E-state index contributed by atoms with van der Waals surface area (Å²) in [6.07, 6.45) is 8.69. The Kier molecular flexibility index (Phi) is 4.99. The summed E-state index contributed by atoms with van der Waals surface area (Å²) in [4.78, 5) is 17.4. The molecule has 142 valence electrons. The Balaban J connectivity index is 1.34. The number of hydrogen-bond donors (Lipinski definition) is 1. The van der Waals surface area contributed by atoms with Crippen molar-refractivity contribution in [2.75, 3.05) is 20.3 Å². The number of ether oxygens (including phenoxy) is 2. The molecule has 2 atom stereocenters. The molecule has 1 amide bonds. The summed E-state index contributed by atoms with van der Waals surface area (Å²) in [5.74, 6) is 2.24. The first-order valence-electron chi connectivity index (χ1n) is 9.54. The van der Waals surface area contributed by atoms with E-state index >= 15 is 0 Å². The molecule has 6 heteroatoms. The molecule has 0 aromatic carbocycles. The lowest BCUT2D eigenvalue weighted by Crippen LogP contribution is -2.58. The van der Waals surface area contributed by atoms with E-state index in [1.165, 1.54) is 19.3 Å². The molecular weight excluding hydrogens is 396 g/mol. The third-order valence-corrected chi connectivity index (χ3v) is 7.19. The normalized spacial score (nSPS) is 34.7. The second-order valence-electron chi connectivity index (χ2n) is 8.42. The summed E-state index contributed by atoms with van der Waals surface area (Å²) < 4.78 is 10.6. The van der Waals surface area contributed by atoms with Gasteiger partial charge in [-0.25, -0.2) is 4.98 Å². The molecule has 0 aliphatic heterocycles. The summed E-state index contributed by atoms with van der Waals surface area (Å²) in [6, 6.07) is 3.80. The van der Waals surface area contributed by atoms with E-state index in [2.05, 4.69) is 26.2 Å². The number of halogens is 1. The molecule has 1 heterocycles. The Labute approximate surface area is 163 Å². The summed E-state index contributed by atoms with van der Waals surface area (Å²) in [5.41, 5.74) is 0.834. The SMILES string of the molecule is COCCOc1ccc(CNC(=O)C23CC4CC(CC(Br)(C4)C2)C3)cn1. The minimum Gasteiger partial charge on any atom is -0.475 e. The molecule has 0 saturated heterocycles. The predicted molar refractivity (Wildman–Crippen MR) is 102 cm³/mol. The van der Waals surface area contributed by atoms with Crippen LogP contribution in [0.5, 0.6) is 5.88 Å². The first-order valence-corrected chi connectivity index (χ1v) is 10.3. The van der Waals surface area contributed by atoms with Crippen LogP contribution in [-0.2, 0) is 16.1 Å². The lowest BCUT2D eigenvalue weighted by atomic mass is 9.49. The van der Waals surface area contributed by atoms with E-state index in [9.17, 15) is 4.79 Å². The fourth-order valence-corrected chi connectivity index (χ4v) is 7.07. The van der Waals surface area contributed by atoms with Crippen molar-refractivity contribution in [3.8, 4) is 5.88 Å². The van der Waals surface area contributed by atoms with Gasteiger partial charge in [0.15, 0.2) is 0 Å². The van der Waals surface area contributed by atoms with E-state index in [0.29, 0.717) is 37.5 Å². The van der Waals surface area contributed by atoms with Crippen LogP contribution in [0.2, 0.25) is 0 Å². The maximum absolute atomic E-state index is 13.1. The van der Waals surface area contributed by atoms with Crippen LogP contribution < -0.4 is 10.1 Å². The maximum atomic E-state index is 13.1. The highest BCUT2D eigenvalue weighted by Gasteiger charge is 2.59. The second kappa shape index (κ2) is 7.12. The summed E-state index contributed by atoms with van der Waals surface area (Å²) in [5, 5.41) is 3.18. The smallest absolute Gasteiger partial charge is 0.226 e. The third-order valence-electron chi connectivity index (χ3n) is 6.26. The van der Waals surface area contributed by atoms with Gasteiger partial charge >= 0.3 is 0 Å². The zero-order valence-electron chi connectivity index (χ0n) is 15.3. The maximum Gasteiger partial charge on any atom is 0.226 e. The highest BCUT2D eigenvalue weighted by Crippen LogP contribution is 2.64. The van der Waals surface area contributed by atoms with Gasteiger partial charge in [0.1, 0.15) is 6.61 Å².